The van der Waals surface area contributed by atoms with Crippen LogP contribution in [0.4, 0.5) is 0 Å². The summed E-state index contributed by atoms with van der Waals surface area (Å²) in [7, 11) is 0. The van der Waals surface area contributed by atoms with Gasteiger partial charge in [-0.3, -0.25) is 0 Å². The van der Waals surface area contributed by atoms with Gasteiger partial charge in [0, 0.05) is 31.2 Å². The average Bonchev–Trinajstić information content (AvgIpc) is 2.60. The Labute approximate surface area is 161 Å². The molecule has 25 heavy (non-hydrogen) atoms. The first kappa shape index (κ1) is 17.5. The number of aryl methyl sites for hydroxylation is 2. The Morgan fingerprint density at radius 1 is 0.600 bits per heavy atom. The van der Waals surface area contributed by atoms with Crippen LogP contribution in [0.25, 0.3) is 33.3 Å². The van der Waals surface area contributed by atoms with Gasteiger partial charge in [-0.2, -0.15) is 0 Å². The Hall–Kier alpha value is -2.35. The molecule has 0 fully saturated rings. The van der Waals surface area contributed by atoms with Gasteiger partial charge in [0.25, 0.3) is 0 Å². The molecule has 0 unspecified atom stereocenters. The van der Waals surface area contributed by atoms with Gasteiger partial charge in [0.05, 0.1) is 11.4 Å². The molecule has 0 atom stereocenters. The van der Waals surface area contributed by atoms with Crippen LogP contribution in [0.15, 0.2) is 73.1 Å². The monoisotopic (exact) mass is 503 g/mol. The molecule has 0 amide bonds. The summed E-state index contributed by atoms with van der Waals surface area (Å²) in [5.41, 5.74) is 6.65. The fourth-order valence-corrected chi connectivity index (χ4v) is 3.14. The second kappa shape index (κ2) is 7.26. The van der Waals surface area contributed by atoms with Gasteiger partial charge < -0.3 is 0 Å². The van der Waals surface area contributed by atoms with Gasteiger partial charge in [-0.05, 0) is 48.9 Å². The van der Waals surface area contributed by atoms with Crippen LogP contribution in [0.5, 0.6) is 0 Å². The standard InChI is InChI=1S/C22H18N2.Ir/c1-15-9-16(2)11-20(10-15)22-13-21(23-14-24-22)19-8-7-17-5-3-4-6-18(17)12-19;/h3-14H,1-2H3;. The van der Waals surface area contributed by atoms with Crippen LogP contribution in [0, 0.1) is 13.8 Å². The summed E-state index contributed by atoms with van der Waals surface area (Å²) < 4.78 is 0. The molecule has 0 spiro atoms. The zero-order chi connectivity index (χ0) is 16.5. The summed E-state index contributed by atoms with van der Waals surface area (Å²) >= 11 is 0. The number of nitrogens with zero attached hydrogens (tertiary/aromatic N) is 2. The average molecular weight is 503 g/mol. The molecule has 0 saturated heterocycles. The molecular weight excluding hydrogens is 484 g/mol. The maximum absolute atomic E-state index is 4.48. The van der Waals surface area contributed by atoms with Crippen molar-refractivity contribution in [2.45, 2.75) is 13.8 Å². The molecule has 1 heterocycles. The van der Waals surface area contributed by atoms with Gasteiger partial charge in [-0.25, -0.2) is 9.97 Å². The van der Waals surface area contributed by atoms with E-state index in [0.717, 1.165) is 22.5 Å². The molecule has 0 aliphatic rings. The van der Waals surface area contributed by atoms with E-state index in [0.29, 0.717) is 0 Å². The summed E-state index contributed by atoms with van der Waals surface area (Å²) in [5.74, 6) is 0. The SMILES string of the molecule is Cc1cc(C)cc(-c2cc(-c3ccc4ccccc4c3)ncn2)c1.[Ir]. The van der Waals surface area contributed by atoms with Crippen LogP contribution in [0.1, 0.15) is 11.1 Å². The van der Waals surface area contributed by atoms with E-state index in [2.05, 4.69) is 90.5 Å². The van der Waals surface area contributed by atoms with Crippen LogP contribution in [-0.2, 0) is 20.1 Å². The van der Waals surface area contributed by atoms with E-state index in [4.69, 9.17) is 0 Å². The number of aromatic nitrogens is 2. The van der Waals surface area contributed by atoms with Crippen molar-refractivity contribution < 1.29 is 20.1 Å². The van der Waals surface area contributed by atoms with Gasteiger partial charge >= 0.3 is 0 Å². The molecule has 3 aromatic carbocycles. The maximum Gasteiger partial charge on any atom is 0.116 e. The van der Waals surface area contributed by atoms with Crippen molar-refractivity contribution in [1.29, 1.82) is 0 Å². The number of benzene rings is 3. The van der Waals surface area contributed by atoms with Gasteiger partial charge in [-0.15, -0.1) is 0 Å². The van der Waals surface area contributed by atoms with E-state index in [1.165, 1.54) is 21.9 Å². The minimum absolute atomic E-state index is 0. The van der Waals surface area contributed by atoms with Crippen molar-refractivity contribution in [3.05, 3.63) is 84.2 Å². The van der Waals surface area contributed by atoms with Crippen LogP contribution in [-0.4, -0.2) is 9.97 Å². The topological polar surface area (TPSA) is 25.8 Å². The van der Waals surface area contributed by atoms with E-state index in [1.807, 2.05) is 0 Å². The van der Waals surface area contributed by atoms with E-state index >= 15 is 0 Å². The zero-order valence-electron chi connectivity index (χ0n) is 14.2. The first-order chi connectivity index (χ1) is 11.7. The van der Waals surface area contributed by atoms with Crippen molar-refractivity contribution in [3.63, 3.8) is 0 Å². The minimum atomic E-state index is 0. The molecule has 0 aliphatic carbocycles. The predicted octanol–water partition coefficient (Wildman–Crippen LogP) is 5.58. The summed E-state index contributed by atoms with van der Waals surface area (Å²) in [6, 6.07) is 23.4. The second-order valence-electron chi connectivity index (χ2n) is 6.23. The van der Waals surface area contributed by atoms with Crippen molar-refractivity contribution in [2.24, 2.45) is 0 Å². The molecule has 0 bridgehead atoms. The van der Waals surface area contributed by atoms with E-state index in [1.54, 1.807) is 6.33 Å². The molecule has 1 aromatic heterocycles. The van der Waals surface area contributed by atoms with Gasteiger partial charge in [-0.1, -0.05) is 53.6 Å². The van der Waals surface area contributed by atoms with Crippen molar-refractivity contribution in [1.82, 2.24) is 9.97 Å². The third kappa shape index (κ3) is 3.68. The predicted molar refractivity (Wildman–Crippen MR) is 99.9 cm³/mol. The zero-order valence-corrected chi connectivity index (χ0v) is 16.6. The second-order valence-corrected chi connectivity index (χ2v) is 6.23. The fourth-order valence-electron chi connectivity index (χ4n) is 3.14. The number of fused-ring (bicyclic) bond motifs is 1. The molecule has 0 aliphatic heterocycles. The van der Waals surface area contributed by atoms with E-state index in [-0.39, 0.29) is 20.1 Å². The molecule has 1 radical (unpaired) electrons. The Bertz CT molecular complexity index is 1020. The fraction of sp³-hybridized carbons (Fsp3) is 0.0909. The Morgan fingerprint density at radius 2 is 1.24 bits per heavy atom. The van der Waals surface area contributed by atoms with Crippen LogP contribution in [0.3, 0.4) is 0 Å². The summed E-state index contributed by atoms with van der Waals surface area (Å²) in [6.07, 6.45) is 1.65. The van der Waals surface area contributed by atoms with E-state index < -0.39 is 0 Å². The molecular formula is C22H18IrN2. The van der Waals surface area contributed by atoms with Crippen molar-refractivity contribution in [3.8, 4) is 22.5 Å². The first-order valence-corrected chi connectivity index (χ1v) is 8.09. The van der Waals surface area contributed by atoms with Crippen LogP contribution >= 0.6 is 0 Å². The summed E-state index contributed by atoms with van der Waals surface area (Å²) in [5, 5.41) is 2.46. The normalized spacial score (nSPS) is 10.5. The molecule has 125 valence electrons. The third-order valence-corrected chi connectivity index (χ3v) is 4.23. The smallest absolute Gasteiger partial charge is 0.116 e. The maximum atomic E-state index is 4.48. The van der Waals surface area contributed by atoms with Gasteiger partial charge in [0.15, 0.2) is 0 Å². The molecule has 4 aromatic rings. The summed E-state index contributed by atoms with van der Waals surface area (Å²) in [4.78, 5) is 8.94. The van der Waals surface area contributed by atoms with Crippen molar-refractivity contribution >= 4 is 10.8 Å². The van der Waals surface area contributed by atoms with Crippen LogP contribution < -0.4 is 0 Å². The number of hydrogen-bond donors (Lipinski definition) is 0. The molecule has 2 nitrogen and oxygen atoms in total. The molecule has 3 heteroatoms. The van der Waals surface area contributed by atoms with Crippen LogP contribution in [0.2, 0.25) is 0 Å². The quantitative estimate of drug-likeness (QED) is 0.358. The minimum Gasteiger partial charge on any atom is -0.236 e. The molecule has 4 rings (SSSR count). The Kier molecular flexibility index (Phi) is 5.08. The first-order valence-electron chi connectivity index (χ1n) is 8.09. The Balaban J connectivity index is 0.00000182. The Morgan fingerprint density at radius 3 is 1.96 bits per heavy atom. The third-order valence-electron chi connectivity index (χ3n) is 4.23. The molecule has 0 N–H and O–H groups in total. The summed E-state index contributed by atoms with van der Waals surface area (Å²) in [6.45, 7) is 4.23. The largest absolute Gasteiger partial charge is 0.236 e. The molecule has 0 saturated carbocycles. The van der Waals surface area contributed by atoms with E-state index in [9.17, 15) is 0 Å². The van der Waals surface area contributed by atoms with Gasteiger partial charge in [0.1, 0.15) is 6.33 Å². The van der Waals surface area contributed by atoms with Gasteiger partial charge in [0.2, 0.25) is 0 Å². The number of hydrogen-bond acceptors (Lipinski definition) is 2. The number of rotatable bonds is 2. The van der Waals surface area contributed by atoms with Crippen molar-refractivity contribution in [2.75, 3.05) is 0 Å².